The highest BCUT2D eigenvalue weighted by Gasteiger charge is 2.30. The van der Waals surface area contributed by atoms with Crippen LogP contribution in [0.4, 0.5) is 0 Å². The van der Waals surface area contributed by atoms with Crippen molar-refractivity contribution in [1.82, 2.24) is 5.32 Å². The molecule has 4 nitrogen and oxygen atoms in total. The summed E-state index contributed by atoms with van der Waals surface area (Å²) in [4.78, 5) is 13.0. The van der Waals surface area contributed by atoms with E-state index in [9.17, 15) is 13.2 Å². The van der Waals surface area contributed by atoms with E-state index in [0.29, 0.717) is 6.42 Å². The maximum atomic E-state index is 12.0. The number of carbonyl (C=O) groups excluding carboxylic acids is 1. The minimum Gasteiger partial charge on any atom is -0.351 e. The Balaban J connectivity index is 1.86. The van der Waals surface area contributed by atoms with Crippen molar-refractivity contribution in [3.05, 3.63) is 30.3 Å². The molecule has 2 rings (SSSR count). The van der Waals surface area contributed by atoms with Crippen molar-refractivity contribution in [3.63, 3.8) is 0 Å². The molecule has 0 unspecified atom stereocenters. The van der Waals surface area contributed by atoms with Gasteiger partial charge in [-0.1, -0.05) is 18.2 Å². The smallest absolute Gasteiger partial charge is 0.233 e. The highest BCUT2D eigenvalue weighted by atomic mass is 32.2. The highest BCUT2D eigenvalue weighted by Crippen LogP contribution is 2.23. The van der Waals surface area contributed by atoms with Crippen molar-refractivity contribution in [2.24, 2.45) is 0 Å². The molecule has 1 aliphatic heterocycles. The zero-order valence-electron chi connectivity index (χ0n) is 10.7. The first-order valence-corrected chi connectivity index (χ1v) is 8.89. The molecule has 0 saturated carbocycles. The molecule has 2 atom stereocenters. The molecule has 0 aromatic heterocycles. The lowest BCUT2D eigenvalue weighted by Crippen LogP contribution is -2.39. The van der Waals surface area contributed by atoms with Gasteiger partial charge in [-0.3, -0.25) is 4.79 Å². The van der Waals surface area contributed by atoms with Gasteiger partial charge in [0, 0.05) is 10.9 Å². The minimum atomic E-state index is -2.95. The number of nitrogens with one attached hydrogen (secondary N) is 1. The average molecular weight is 299 g/mol. The molecule has 1 saturated heterocycles. The summed E-state index contributed by atoms with van der Waals surface area (Å²) in [6.07, 6.45) is 0.525. The molecule has 0 radical (unpaired) electrons. The molecule has 19 heavy (non-hydrogen) atoms. The van der Waals surface area contributed by atoms with Crippen LogP contribution < -0.4 is 5.32 Å². The van der Waals surface area contributed by atoms with E-state index in [0.717, 1.165) is 4.90 Å². The average Bonchev–Trinajstić information content (AvgIpc) is 2.70. The number of sulfone groups is 1. The Morgan fingerprint density at radius 2 is 2.05 bits per heavy atom. The Kier molecular flexibility index (Phi) is 4.52. The van der Waals surface area contributed by atoms with Gasteiger partial charge >= 0.3 is 0 Å². The molecule has 1 amide bonds. The standard InChI is InChI=1S/C13H17NO3S2/c1-10(18-12-5-3-2-4-6-12)13(15)14-11-7-8-19(16,17)9-11/h2-6,10-11H,7-9H2,1H3,(H,14,15)/t10-,11-/m1/s1. The molecule has 0 spiro atoms. The van der Waals surface area contributed by atoms with Gasteiger partial charge in [-0.15, -0.1) is 11.8 Å². The van der Waals surface area contributed by atoms with E-state index in [1.165, 1.54) is 11.8 Å². The fourth-order valence-electron chi connectivity index (χ4n) is 1.98. The molecule has 1 aliphatic rings. The van der Waals surface area contributed by atoms with E-state index in [1.54, 1.807) is 0 Å². The highest BCUT2D eigenvalue weighted by molar-refractivity contribution is 8.00. The first kappa shape index (κ1) is 14.4. The van der Waals surface area contributed by atoms with Crippen molar-refractivity contribution in [2.45, 2.75) is 29.5 Å². The first-order valence-electron chi connectivity index (χ1n) is 6.19. The predicted molar refractivity (Wildman–Crippen MR) is 77.0 cm³/mol. The van der Waals surface area contributed by atoms with E-state index in [1.807, 2.05) is 37.3 Å². The third-order valence-corrected chi connectivity index (χ3v) is 5.88. The topological polar surface area (TPSA) is 63.2 Å². The summed E-state index contributed by atoms with van der Waals surface area (Å²) in [7, 11) is -2.95. The second-order valence-corrected chi connectivity index (χ2v) is 8.32. The summed E-state index contributed by atoms with van der Waals surface area (Å²) in [6, 6.07) is 9.46. The van der Waals surface area contributed by atoms with E-state index in [2.05, 4.69) is 5.32 Å². The maximum absolute atomic E-state index is 12.0. The number of thioether (sulfide) groups is 1. The van der Waals surface area contributed by atoms with Gasteiger partial charge in [0.25, 0.3) is 0 Å². The summed E-state index contributed by atoms with van der Waals surface area (Å²) in [6.45, 7) is 1.83. The SMILES string of the molecule is C[C@@H](Sc1ccccc1)C(=O)N[C@@H]1CCS(=O)(=O)C1. The number of hydrogen-bond donors (Lipinski definition) is 1. The van der Waals surface area contributed by atoms with E-state index < -0.39 is 9.84 Å². The van der Waals surface area contributed by atoms with Crippen molar-refractivity contribution in [1.29, 1.82) is 0 Å². The Morgan fingerprint density at radius 1 is 1.37 bits per heavy atom. The van der Waals surface area contributed by atoms with Gasteiger partial charge in [-0.25, -0.2) is 8.42 Å². The van der Waals surface area contributed by atoms with Crippen molar-refractivity contribution < 1.29 is 13.2 Å². The fraction of sp³-hybridized carbons (Fsp3) is 0.462. The third-order valence-electron chi connectivity index (χ3n) is 3.00. The van der Waals surface area contributed by atoms with Crippen LogP contribution in [-0.4, -0.2) is 37.1 Å². The lowest BCUT2D eigenvalue weighted by molar-refractivity contribution is -0.120. The van der Waals surface area contributed by atoms with Crippen LogP contribution in [0.2, 0.25) is 0 Å². The number of hydrogen-bond acceptors (Lipinski definition) is 4. The second-order valence-electron chi connectivity index (χ2n) is 4.68. The van der Waals surface area contributed by atoms with Gasteiger partial charge in [0.1, 0.15) is 0 Å². The predicted octanol–water partition coefficient (Wildman–Crippen LogP) is 1.47. The van der Waals surface area contributed by atoms with Gasteiger partial charge in [-0.2, -0.15) is 0 Å². The largest absolute Gasteiger partial charge is 0.351 e. The van der Waals surface area contributed by atoms with Crippen molar-refractivity contribution in [2.75, 3.05) is 11.5 Å². The molecule has 1 N–H and O–H groups in total. The van der Waals surface area contributed by atoms with E-state index >= 15 is 0 Å². The van der Waals surface area contributed by atoms with E-state index in [4.69, 9.17) is 0 Å². The number of benzene rings is 1. The van der Waals surface area contributed by atoms with Crippen LogP contribution in [0, 0.1) is 0 Å². The number of carbonyl (C=O) groups is 1. The Hall–Kier alpha value is -1.01. The Morgan fingerprint density at radius 3 is 2.63 bits per heavy atom. The lowest BCUT2D eigenvalue weighted by Gasteiger charge is -2.15. The molecule has 1 aromatic carbocycles. The van der Waals surface area contributed by atoms with Crippen LogP contribution >= 0.6 is 11.8 Å². The summed E-state index contributed by atoms with van der Waals surface area (Å²) >= 11 is 1.47. The summed E-state index contributed by atoms with van der Waals surface area (Å²) in [5.74, 6) is 0.149. The molecular formula is C13H17NO3S2. The molecule has 6 heteroatoms. The molecular weight excluding hydrogens is 282 g/mol. The maximum Gasteiger partial charge on any atom is 0.233 e. The van der Waals surface area contributed by atoms with Gasteiger partial charge in [-0.05, 0) is 25.5 Å². The van der Waals surface area contributed by atoms with Crippen LogP contribution in [0.3, 0.4) is 0 Å². The van der Waals surface area contributed by atoms with Gasteiger partial charge in [0.15, 0.2) is 9.84 Å². The van der Waals surface area contributed by atoms with Crippen molar-refractivity contribution in [3.8, 4) is 0 Å². The molecule has 1 fully saturated rings. The quantitative estimate of drug-likeness (QED) is 0.855. The van der Waals surface area contributed by atoms with Gasteiger partial charge in [0.2, 0.25) is 5.91 Å². The number of amides is 1. The molecule has 0 aliphatic carbocycles. The monoisotopic (exact) mass is 299 g/mol. The zero-order valence-corrected chi connectivity index (χ0v) is 12.3. The van der Waals surface area contributed by atoms with Gasteiger partial charge in [0.05, 0.1) is 16.8 Å². The first-order chi connectivity index (χ1) is 8.96. The minimum absolute atomic E-state index is 0.0709. The van der Waals surface area contributed by atoms with Gasteiger partial charge < -0.3 is 5.32 Å². The van der Waals surface area contributed by atoms with E-state index in [-0.39, 0.29) is 28.7 Å². The van der Waals surface area contributed by atoms with Crippen LogP contribution in [0.25, 0.3) is 0 Å². The molecule has 104 valence electrons. The fourth-order valence-corrected chi connectivity index (χ4v) is 4.56. The molecule has 1 aromatic rings. The second kappa shape index (κ2) is 5.96. The summed E-state index contributed by atoms with van der Waals surface area (Å²) < 4.78 is 22.7. The molecule has 0 bridgehead atoms. The van der Waals surface area contributed by atoms with Crippen LogP contribution in [-0.2, 0) is 14.6 Å². The Bertz CT molecular complexity index is 542. The summed E-state index contributed by atoms with van der Waals surface area (Å²) in [5, 5.41) is 2.58. The van der Waals surface area contributed by atoms with Crippen LogP contribution in [0.15, 0.2) is 35.2 Å². The van der Waals surface area contributed by atoms with Crippen molar-refractivity contribution >= 4 is 27.5 Å². The lowest BCUT2D eigenvalue weighted by atomic mass is 10.2. The zero-order chi connectivity index (χ0) is 13.9. The van der Waals surface area contributed by atoms with Crippen LogP contribution in [0.5, 0.6) is 0 Å². The summed E-state index contributed by atoms with van der Waals surface area (Å²) in [5.41, 5.74) is 0. The normalized spacial score (nSPS) is 22.9. The number of rotatable bonds is 4. The Labute approximate surface area is 117 Å². The molecule has 1 heterocycles. The third kappa shape index (κ3) is 4.24. The van der Waals surface area contributed by atoms with Crippen LogP contribution in [0.1, 0.15) is 13.3 Å².